The number of likely N-dealkylation sites (tertiary alicyclic amines) is 1. The minimum absolute atomic E-state index is 0.0850. The smallest absolute Gasteiger partial charge is 0.410 e. The molecular weight excluding hydrogens is 797 g/mol. The summed E-state index contributed by atoms with van der Waals surface area (Å²) in [5.41, 5.74) is 4.93. The molecule has 1 saturated heterocycles. The quantitative estimate of drug-likeness (QED) is 0.152. The normalized spacial score (nSPS) is 18.6. The SMILES string of the molecule is Cc1cc(C(=O)CC2CCN(C(=O)OC(C)(C)C)CC2)ccc1-c1ccc(C[C@H](CC(=O)C2CCC(CNC(=O)OC(C)(C)C)CC2)C(=O)Nc2ccc(C3=NCN=N3)cc2)cc1. The molecule has 1 atom stereocenters. The molecule has 3 aliphatic rings. The summed E-state index contributed by atoms with van der Waals surface area (Å²) < 4.78 is 10.9. The van der Waals surface area contributed by atoms with E-state index >= 15 is 0 Å². The average Bonchev–Trinajstić information content (AvgIpc) is 3.78. The topological polar surface area (TPSA) is 168 Å². The van der Waals surface area contributed by atoms with Crippen molar-refractivity contribution in [3.63, 3.8) is 0 Å². The molecule has 0 radical (unpaired) electrons. The largest absolute Gasteiger partial charge is 0.444 e. The number of ether oxygens (including phenoxy) is 2. The van der Waals surface area contributed by atoms with Gasteiger partial charge in [0.1, 0.15) is 17.0 Å². The van der Waals surface area contributed by atoms with Crippen LogP contribution in [0.25, 0.3) is 11.1 Å². The zero-order chi connectivity index (χ0) is 45.3. The van der Waals surface area contributed by atoms with Crippen LogP contribution in [0.4, 0.5) is 15.3 Å². The van der Waals surface area contributed by atoms with E-state index in [4.69, 9.17) is 9.47 Å². The number of carbonyl (C=O) groups is 5. The molecule has 336 valence electrons. The number of hydrogen-bond donors (Lipinski definition) is 2. The van der Waals surface area contributed by atoms with Crippen molar-refractivity contribution in [3.8, 4) is 11.1 Å². The van der Waals surface area contributed by atoms with Gasteiger partial charge in [-0.1, -0.05) is 36.4 Å². The number of amides is 3. The maximum Gasteiger partial charge on any atom is 0.410 e. The molecule has 63 heavy (non-hydrogen) atoms. The number of nitrogens with zero attached hydrogens (tertiary/aromatic N) is 4. The summed E-state index contributed by atoms with van der Waals surface area (Å²) in [6.45, 7) is 15.1. The number of nitrogens with one attached hydrogen (secondary N) is 2. The minimum atomic E-state index is -0.598. The van der Waals surface area contributed by atoms with Crippen LogP contribution in [0, 0.1) is 30.6 Å². The molecule has 3 amide bonds. The molecule has 2 N–H and O–H groups in total. The summed E-state index contributed by atoms with van der Waals surface area (Å²) in [6.07, 6.45) is 4.78. The van der Waals surface area contributed by atoms with Gasteiger partial charge in [-0.25, -0.2) is 14.6 Å². The van der Waals surface area contributed by atoms with E-state index in [2.05, 4.69) is 25.9 Å². The summed E-state index contributed by atoms with van der Waals surface area (Å²) in [5.74, 6) is 0.255. The van der Waals surface area contributed by atoms with Crippen molar-refractivity contribution in [2.24, 2.45) is 38.9 Å². The second-order valence-electron chi connectivity index (χ2n) is 19.4. The van der Waals surface area contributed by atoms with Crippen LogP contribution in [0.5, 0.6) is 0 Å². The maximum absolute atomic E-state index is 14.0. The molecule has 1 aliphatic carbocycles. The van der Waals surface area contributed by atoms with Crippen molar-refractivity contribution in [3.05, 3.63) is 89.0 Å². The van der Waals surface area contributed by atoms with Crippen LogP contribution in [-0.4, -0.2) is 77.9 Å². The fourth-order valence-electron chi connectivity index (χ4n) is 8.51. The molecule has 13 heteroatoms. The van der Waals surface area contributed by atoms with E-state index in [9.17, 15) is 24.0 Å². The van der Waals surface area contributed by atoms with Gasteiger partial charge in [-0.05, 0) is 158 Å². The van der Waals surface area contributed by atoms with Gasteiger partial charge in [0, 0.05) is 61.1 Å². The zero-order valence-electron chi connectivity index (χ0n) is 38.0. The molecule has 0 bridgehead atoms. The predicted molar refractivity (Wildman–Crippen MR) is 244 cm³/mol. The number of aliphatic imine (C=N–C) groups is 1. The number of aryl methyl sites for hydroxylation is 1. The zero-order valence-corrected chi connectivity index (χ0v) is 38.0. The van der Waals surface area contributed by atoms with Gasteiger partial charge in [-0.3, -0.25) is 14.4 Å². The Balaban J connectivity index is 1.07. The number of ketones is 2. The number of azo groups is 1. The summed E-state index contributed by atoms with van der Waals surface area (Å²) in [6, 6.07) is 21.2. The van der Waals surface area contributed by atoms with Crippen molar-refractivity contribution in [2.45, 2.75) is 117 Å². The summed E-state index contributed by atoms with van der Waals surface area (Å²) in [7, 11) is 0. The number of rotatable bonds is 14. The van der Waals surface area contributed by atoms with Gasteiger partial charge in [0.25, 0.3) is 0 Å². The molecule has 6 rings (SSSR count). The second kappa shape index (κ2) is 20.6. The molecule has 2 fully saturated rings. The first-order valence-electron chi connectivity index (χ1n) is 22.4. The number of piperidine rings is 1. The molecule has 1 saturated carbocycles. The number of anilines is 1. The van der Waals surface area contributed by atoms with Crippen LogP contribution in [-0.2, 0) is 25.5 Å². The lowest BCUT2D eigenvalue weighted by Gasteiger charge is -2.33. The summed E-state index contributed by atoms with van der Waals surface area (Å²) in [4.78, 5) is 71.9. The highest BCUT2D eigenvalue weighted by Crippen LogP contribution is 2.33. The van der Waals surface area contributed by atoms with E-state index in [0.717, 1.165) is 53.5 Å². The average molecular weight is 861 g/mol. The van der Waals surface area contributed by atoms with Crippen molar-refractivity contribution in [1.29, 1.82) is 0 Å². The fraction of sp³-hybridized carbons (Fsp3) is 0.520. The Morgan fingerprint density at radius 2 is 1.43 bits per heavy atom. The van der Waals surface area contributed by atoms with E-state index in [1.165, 1.54) is 0 Å². The third-order valence-corrected chi connectivity index (χ3v) is 11.9. The Bertz CT molecular complexity index is 2170. The molecule has 3 aromatic rings. The number of alkyl carbamates (subject to hydrolysis) is 1. The van der Waals surface area contributed by atoms with Gasteiger partial charge in [-0.2, -0.15) is 5.11 Å². The van der Waals surface area contributed by atoms with Crippen molar-refractivity contribution in [2.75, 3.05) is 31.6 Å². The lowest BCUT2D eigenvalue weighted by molar-refractivity contribution is -0.129. The van der Waals surface area contributed by atoms with Gasteiger partial charge in [0.15, 0.2) is 18.3 Å². The molecule has 13 nitrogen and oxygen atoms in total. The van der Waals surface area contributed by atoms with E-state index in [1.54, 1.807) is 4.90 Å². The van der Waals surface area contributed by atoms with Crippen LogP contribution in [0.15, 0.2) is 82.0 Å². The first-order valence-corrected chi connectivity index (χ1v) is 22.4. The molecule has 2 heterocycles. The van der Waals surface area contributed by atoms with Crippen molar-refractivity contribution >= 4 is 41.2 Å². The van der Waals surface area contributed by atoms with Crippen LogP contribution < -0.4 is 10.6 Å². The van der Waals surface area contributed by atoms with Gasteiger partial charge >= 0.3 is 12.2 Å². The second-order valence-corrected chi connectivity index (χ2v) is 19.4. The summed E-state index contributed by atoms with van der Waals surface area (Å²) >= 11 is 0. The van der Waals surface area contributed by atoms with Gasteiger partial charge in [0.05, 0.1) is 0 Å². The number of carbonyl (C=O) groups excluding carboxylic acids is 5. The molecule has 0 spiro atoms. The first-order chi connectivity index (χ1) is 29.9. The minimum Gasteiger partial charge on any atom is -0.444 e. The molecule has 2 aliphatic heterocycles. The Morgan fingerprint density at radius 3 is 2.03 bits per heavy atom. The molecule has 3 aromatic carbocycles. The lowest BCUT2D eigenvalue weighted by atomic mass is 9.77. The fourth-order valence-corrected chi connectivity index (χ4v) is 8.51. The van der Waals surface area contributed by atoms with E-state index in [1.807, 2.05) is 115 Å². The van der Waals surface area contributed by atoms with Crippen LogP contribution in [0.2, 0.25) is 0 Å². The molecule has 0 unspecified atom stereocenters. The standard InChI is InChI=1S/C50H64N6O7/c1-32-26-39(43(57)28-34-22-24-56(25-23-34)48(61)63-50(5,6)7)18-21-42(32)36-12-8-33(9-13-36)27-40(46(59)54-41-19-16-38(17-20-41)45-52-31-53-55-45)29-44(58)37-14-10-35(11-15-37)30-51-47(60)62-49(2,3)4/h8-9,12-13,16-21,26,34-35,37,40H,10-11,14-15,22-25,27-31H2,1-7H3,(H,51,60)(H,54,59)/t35?,37?,40-/m1/s1. The first kappa shape index (κ1) is 46.8. The number of amidine groups is 1. The predicted octanol–water partition coefficient (Wildman–Crippen LogP) is 10.1. The Kier molecular flexibility index (Phi) is 15.3. The monoisotopic (exact) mass is 860 g/mol. The number of benzene rings is 3. The lowest BCUT2D eigenvalue weighted by Crippen LogP contribution is -2.42. The molecular formula is C50H64N6O7. The van der Waals surface area contributed by atoms with Gasteiger partial charge in [-0.15, -0.1) is 5.11 Å². The van der Waals surface area contributed by atoms with E-state index < -0.39 is 23.2 Å². The maximum atomic E-state index is 14.0. The third kappa shape index (κ3) is 13.9. The summed E-state index contributed by atoms with van der Waals surface area (Å²) in [5, 5.41) is 13.9. The highest BCUT2D eigenvalue weighted by atomic mass is 16.6. The van der Waals surface area contributed by atoms with E-state index in [0.29, 0.717) is 69.1 Å². The van der Waals surface area contributed by atoms with Crippen LogP contribution in [0.3, 0.4) is 0 Å². The van der Waals surface area contributed by atoms with E-state index in [-0.39, 0.29) is 47.7 Å². The van der Waals surface area contributed by atoms with Gasteiger partial charge < -0.3 is 25.0 Å². The van der Waals surface area contributed by atoms with Gasteiger partial charge in [0.2, 0.25) is 5.91 Å². The Hall–Kier alpha value is -5.72. The molecule has 0 aromatic heterocycles. The third-order valence-electron chi connectivity index (χ3n) is 11.9. The van der Waals surface area contributed by atoms with Crippen LogP contribution in [0.1, 0.15) is 120 Å². The highest BCUT2D eigenvalue weighted by Gasteiger charge is 2.32. The number of Topliss-reactive ketones (excluding diaryl/α,β-unsaturated/α-hetero) is 2. The Morgan fingerprint density at radius 1 is 0.778 bits per heavy atom. The highest BCUT2D eigenvalue weighted by molar-refractivity contribution is 6.01. The van der Waals surface area contributed by atoms with Crippen LogP contribution >= 0.6 is 0 Å². The van der Waals surface area contributed by atoms with Crippen molar-refractivity contribution < 1.29 is 33.4 Å². The Labute approximate surface area is 371 Å². The number of hydrogen-bond acceptors (Lipinski definition) is 10. The van der Waals surface area contributed by atoms with Crippen molar-refractivity contribution in [1.82, 2.24) is 10.2 Å².